The number of hydrogen-bond acceptors (Lipinski definition) is 3. The summed E-state index contributed by atoms with van der Waals surface area (Å²) in [5.74, 6) is -2.13. The molecule has 0 radical (unpaired) electrons. The summed E-state index contributed by atoms with van der Waals surface area (Å²) < 4.78 is 5.21. The van der Waals surface area contributed by atoms with Crippen molar-refractivity contribution in [2.75, 3.05) is 12.4 Å². The van der Waals surface area contributed by atoms with E-state index in [-0.39, 0.29) is 5.91 Å². The van der Waals surface area contributed by atoms with Gasteiger partial charge in [-0.25, -0.2) is 0 Å². The zero-order valence-corrected chi connectivity index (χ0v) is 13.2. The van der Waals surface area contributed by atoms with E-state index in [1.165, 1.54) is 7.11 Å². The molecule has 5 nitrogen and oxygen atoms in total. The lowest BCUT2D eigenvalue weighted by Crippen LogP contribution is -2.34. The van der Waals surface area contributed by atoms with Crippen LogP contribution in [-0.4, -0.2) is 24.1 Å². The molecule has 2 N–H and O–H groups in total. The van der Waals surface area contributed by atoms with E-state index in [0.717, 1.165) is 5.56 Å². The molecule has 0 aromatic heterocycles. The third-order valence-electron chi connectivity index (χ3n) is 3.82. The first kappa shape index (κ1) is 16.4. The second-order valence-corrected chi connectivity index (χ2v) is 5.69. The topological polar surface area (TPSA) is 75.6 Å². The number of allylic oxidation sites excluding steroid dienone is 2. The van der Waals surface area contributed by atoms with E-state index >= 15 is 0 Å². The number of rotatable bonds is 4. The number of amides is 1. The Bertz CT molecular complexity index is 627. The number of carbonyl (C=O) groups excluding carboxylic acids is 1. The summed E-state index contributed by atoms with van der Waals surface area (Å²) in [4.78, 5) is 23.7. The van der Waals surface area contributed by atoms with Crippen LogP contribution in [0.15, 0.2) is 24.3 Å². The highest BCUT2D eigenvalue weighted by atomic mass is 35.5. The monoisotopic (exact) mass is 323 g/mol. The molecule has 0 spiro atoms. The highest BCUT2D eigenvalue weighted by molar-refractivity contribution is 6.31. The van der Waals surface area contributed by atoms with Crippen LogP contribution in [0, 0.1) is 18.8 Å². The van der Waals surface area contributed by atoms with Gasteiger partial charge in [0, 0.05) is 11.1 Å². The molecule has 0 saturated heterocycles. The first-order valence-electron chi connectivity index (χ1n) is 6.96. The molecule has 2 rings (SSSR count). The molecule has 6 heteroatoms. The lowest BCUT2D eigenvalue weighted by Gasteiger charge is -2.24. The maximum absolute atomic E-state index is 12.4. The van der Waals surface area contributed by atoms with Gasteiger partial charge in [-0.3, -0.25) is 9.59 Å². The minimum atomic E-state index is -0.955. The number of carbonyl (C=O) groups is 2. The Hall–Kier alpha value is -2.01. The van der Waals surface area contributed by atoms with Crippen LogP contribution in [0.25, 0.3) is 0 Å². The first-order chi connectivity index (χ1) is 10.4. The quantitative estimate of drug-likeness (QED) is 0.834. The van der Waals surface area contributed by atoms with Crippen molar-refractivity contribution in [1.82, 2.24) is 0 Å². The van der Waals surface area contributed by atoms with Crippen LogP contribution >= 0.6 is 11.6 Å². The zero-order valence-electron chi connectivity index (χ0n) is 12.4. The van der Waals surface area contributed by atoms with E-state index in [1.54, 1.807) is 18.2 Å². The molecule has 0 saturated carbocycles. The Labute approximate surface area is 133 Å². The van der Waals surface area contributed by atoms with Crippen molar-refractivity contribution in [2.45, 2.75) is 19.8 Å². The fourth-order valence-corrected chi connectivity index (χ4v) is 2.69. The lowest BCUT2D eigenvalue weighted by atomic mass is 9.82. The van der Waals surface area contributed by atoms with Gasteiger partial charge in [-0.05, 0) is 31.4 Å². The van der Waals surface area contributed by atoms with Crippen molar-refractivity contribution in [3.05, 3.63) is 34.9 Å². The second kappa shape index (κ2) is 6.83. The van der Waals surface area contributed by atoms with Crippen LogP contribution in [0.5, 0.6) is 5.75 Å². The van der Waals surface area contributed by atoms with E-state index in [2.05, 4.69) is 5.32 Å². The van der Waals surface area contributed by atoms with Gasteiger partial charge < -0.3 is 15.2 Å². The average molecular weight is 324 g/mol. The Morgan fingerprint density at radius 3 is 2.50 bits per heavy atom. The Kier molecular flexibility index (Phi) is 5.08. The minimum Gasteiger partial charge on any atom is -0.495 e. The second-order valence-electron chi connectivity index (χ2n) is 5.28. The fourth-order valence-electron chi connectivity index (χ4n) is 2.53. The molecule has 1 aliphatic rings. The van der Waals surface area contributed by atoms with Gasteiger partial charge in [0.2, 0.25) is 5.91 Å². The van der Waals surface area contributed by atoms with Crippen LogP contribution in [0.2, 0.25) is 5.02 Å². The maximum atomic E-state index is 12.4. The molecule has 0 aliphatic heterocycles. The molecule has 1 aliphatic carbocycles. The molecular weight excluding hydrogens is 306 g/mol. The number of anilines is 1. The number of ether oxygens (including phenoxy) is 1. The summed E-state index contributed by atoms with van der Waals surface area (Å²) in [6, 6.07) is 3.34. The van der Waals surface area contributed by atoms with Gasteiger partial charge in [0.1, 0.15) is 5.75 Å². The fraction of sp³-hybridized carbons (Fsp3) is 0.375. The maximum Gasteiger partial charge on any atom is 0.307 e. The third kappa shape index (κ3) is 3.42. The van der Waals surface area contributed by atoms with Gasteiger partial charge in [-0.15, -0.1) is 0 Å². The van der Waals surface area contributed by atoms with Gasteiger partial charge in [0.15, 0.2) is 0 Å². The van der Waals surface area contributed by atoms with Gasteiger partial charge >= 0.3 is 5.97 Å². The SMILES string of the molecule is COc1cc(Cl)c(C)cc1NC(=O)[C@@H]1CC=CC[C@H]1C(=O)O. The number of halogens is 1. The molecule has 22 heavy (non-hydrogen) atoms. The van der Waals surface area contributed by atoms with Crippen molar-refractivity contribution < 1.29 is 19.4 Å². The summed E-state index contributed by atoms with van der Waals surface area (Å²) in [7, 11) is 1.49. The molecule has 1 aromatic carbocycles. The molecule has 0 unspecified atom stereocenters. The largest absolute Gasteiger partial charge is 0.495 e. The number of nitrogens with one attached hydrogen (secondary N) is 1. The van der Waals surface area contributed by atoms with Crippen LogP contribution in [0.4, 0.5) is 5.69 Å². The highest BCUT2D eigenvalue weighted by Crippen LogP contribution is 2.33. The molecule has 1 aromatic rings. The molecule has 0 heterocycles. The van der Waals surface area contributed by atoms with Gasteiger partial charge in [0.25, 0.3) is 0 Å². The number of carboxylic acids is 1. The van der Waals surface area contributed by atoms with Crippen LogP contribution in [0.3, 0.4) is 0 Å². The van der Waals surface area contributed by atoms with Crippen LogP contribution in [0.1, 0.15) is 18.4 Å². The molecule has 0 fully saturated rings. The van der Waals surface area contributed by atoms with Crippen molar-refractivity contribution in [1.29, 1.82) is 0 Å². The zero-order chi connectivity index (χ0) is 16.3. The Morgan fingerprint density at radius 1 is 1.27 bits per heavy atom. The summed E-state index contributed by atoms with van der Waals surface area (Å²) in [5, 5.41) is 12.6. The summed E-state index contributed by atoms with van der Waals surface area (Å²) >= 11 is 6.03. The number of aliphatic carboxylic acids is 1. The predicted molar refractivity (Wildman–Crippen MR) is 84.4 cm³/mol. The number of carboxylic acid groups (broad SMARTS) is 1. The Morgan fingerprint density at radius 2 is 1.91 bits per heavy atom. The van der Waals surface area contributed by atoms with Crippen LogP contribution in [-0.2, 0) is 9.59 Å². The Balaban J connectivity index is 2.23. The number of benzene rings is 1. The van der Waals surface area contributed by atoms with E-state index in [9.17, 15) is 14.7 Å². The predicted octanol–water partition coefficient (Wildman–Crippen LogP) is 3.26. The van der Waals surface area contributed by atoms with Crippen molar-refractivity contribution in [2.24, 2.45) is 11.8 Å². The van der Waals surface area contributed by atoms with E-state index in [4.69, 9.17) is 16.3 Å². The molecule has 0 bridgehead atoms. The summed E-state index contributed by atoms with van der Waals surface area (Å²) in [5.41, 5.74) is 1.30. The van der Waals surface area contributed by atoms with Gasteiger partial charge in [-0.2, -0.15) is 0 Å². The molecule has 118 valence electrons. The first-order valence-corrected chi connectivity index (χ1v) is 7.34. The molecular formula is C16H18ClNO4. The normalized spacial score (nSPS) is 20.5. The third-order valence-corrected chi connectivity index (χ3v) is 4.23. The minimum absolute atomic E-state index is 0.322. The van der Waals surface area contributed by atoms with Gasteiger partial charge in [-0.1, -0.05) is 23.8 Å². The van der Waals surface area contributed by atoms with E-state index < -0.39 is 17.8 Å². The van der Waals surface area contributed by atoms with Crippen molar-refractivity contribution in [3.63, 3.8) is 0 Å². The summed E-state index contributed by atoms with van der Waals surface area (Å²) in [6.07, 6.45) is 4.42. The number of hydrogen-bond donors (Lipinski definition) is 2. The number of methoxy groups -OCH3 is 1. The standard InChI is InChI=1S/C16H18ClNO4/c1-9-7-13(14(22-2)8-12(9)17)18-15(19)10-5-3-4-6-11(10)16(20)21/h3-4,7-8,10-11H,5-6H2,1-2H3,(H,18,19)(H,20,21)/t10-,11-/m1/s1. The van der Waals surface area contributed by atoms with Crippen LogP contribution < -0.4 is 10.1 Å². The van der Waals surface area contributed by atoms with Gasteiger partial charge in [0.05, 0.1) is 24.6 Å². The summed E-state index contributed by atoms with van der Waals surface area (Å²) in [6.45, 7) is 1.82. The highest BCUT2D eigenvalue weighted by Gasteiger charge is 2.34. The lowest BCUT2D eigenvalue weighted by molar-refractivity contribution is -0.146. The molecule has 2 atom stereocenters. The number of aryl methyl sites for hydroxylation is 1. The van der Waals surface area contributed by atoms with Crippen molar-refractivity contribution >= 4 is 29.2 Å². The van der Waals surface area contributed by atoms with E-state index in [0.29, 0.717) is 29.3 Å². The average Bonchev–Trinajstić information content (AvgIpc) is 2.50. The van der Waals surface area contributed by atoms with Crippen molar-refractivity contribution in [3.8, 4) is 5.75 Å². The van der Waals surface area contributed by atoms with E-state index in [1.807, 2.05) is 13.0 Å². The smallest absolute Gasteiger partial charge is 0.307 e. The molecule has 1 amide bonds.